The molecule has 0 radical (unpaired) electrons. The second-order valence-corrected chi connectivity index (χ2v) is 4.59. The Hall–Kier alpha value is -1.83. The number of methoxy groups -OCH3 is 2. The second-order valence-electron chi connectivity index (χ2n) is 4.59. The van der Waals surface area contributed by atoms with Crippen LogP contribution in [0.4, 0.5) is 0 Å². The van der Waals surface area contributed by atoms with Gasteiger partial charge in [0.05, 0.1) is 25.4 Å². The van der Waals surface area contributed by atoms with Gasteiger partial charge in [-0.1, -0.05) is 11.2 Å². The first kappa shape index (κ1) is 17.2. The van der Waals surface area contributed by atoms with E-state index in [0.717, 1.165) is 5.56 Å². The van der Waals surface area contributed by atoms with Crippen LogP contribution in [-0.2, 0) is 11.3 Å². The summed E-state index contributed by atoms with van der Waals surface area (Å²) in [7, 11) is 3.08. The molecule has 118 valence electrons. The fourth-order valence-corrected chi connectivity index (χ4v) is 1.90. The molecule has 0 aliphatic rings. The van der Waals surface area contributed by atoms with Crippen molar-refractivity contribution in [2.45, 2.75) is 19.1 Å². The number of hydrogen-bond acceptors (Lipinski definition) is 6. The Morgan fingerprint density at radius 2 is 2.19 bits per heavy atom. The molecule has 1 aromatic carbocycles. The van der Waals surface area contributed by atoms with E-state index >= 15 is 0 Å². The van der Waals surface area contributed by atoms with E-state index in [-0.39, 0.29) is 5.84 Å². The molecule has 1 unspecified atom stereocenters. The Labute approximate surface area is 124 Å². The van der Waals surface area contributed by atoms with Crippen molar-refractivity contribution in [2.24, 2.45) is 10.9 Å². The minimum absolute atomic E-state index is 0.00390. The second kappa shape index (κ2) is 9.17. The molecular formula is C14H23N3O4. The average molecular weight is 297 g/mol. The van der Waals surface area contributed by atoms with Crippen molar-refractivity contribution in [3.63, 3.8) is 0 Å². The summed E-state index contributed by atoms with van der Waals surface area (Å²) < 4.78 is 10.0. The highest BCUT2D eigenvalue weighted by atomic mass is 16.5. The van der Waals surface area contributed by atoms with Gasteiger partial charge in [-0.2, -0.15) is 0 Å². The maximum absolute atomic E-state index is 9.52. The highest BCUT2D eigenvalue weighted by Crippen LogP contribution is 2.19. The van der Waals surface area contributed by atoms with E-state index in [1.165, 1.54) is 7.11 Å². The molecule has 0 amide bonds. The summed E-state index contributed by atoms with van der Waals surface area (Å²) in [5.74, 6) is 0.550. The molecule has 5 N–H and O–H groups in total. The van der Waals surface area contributed by atoms with Crippen LogP contribution in [0.25, 0.3) is 0 Å². The fraction of sp³-hybridized carbons (Fsp3) is 0.500. The zero-order valence-electron chi connectivity index (χ0n) is 12.4. The zero-order valence-corrected chi connectivity index (χ0v) is 12.4. The van der Waals surface area contributed by atoms with Gasteiger partial charge in [-0.05, 0) is 30.7 Å². The molecule has 1 atom stereocenters. The Morgan fingerprint density at radius 1 is 1.43 bits per heavy atom. The van der Waals surface area contributed by atoms with E-state index in [2.05, 4.69) is 10.5 Å². The molecule has 21 heavy (non-hydrogen) atoms. The fourth-order valence-electron chi connectivity index (χ4n) is 1.90. The molecule has 1 rings (SSSR count). The standard InChI is InChI=1S/C14H23N3O4/c1-20-9-11(18)5-6-16-8-10-3-4-13(21-2)12(7-10)14(15)17-19/h3-4,7,11,16,18-19H,5-6,8-9H2,1-2H3,(H2,15,17). The minimum atomic E-state index is -0.467. The molecule has 7 heteroatoms. The number of nitrogens with one attached hydrogen (secondary N) is 1. The summed E-state index contributed by atoms with van der Waals surface area (Å²) in [5, 5.41) is 24.5. The monoisotopic (exact) mass is 297 g/mol. The average Bonchev–Trinajstić information content (AvgIpc) is 2.50. The molecule has 0 aliphatic heterocycles. The Morgan fingerprint density at radius 3 is 2.81 bits per heavy atom. The topological polar surface area (TPSA) is 109 Å². The lowest BCUT2D eigenvalue weighted by atomic mass is 10.1. The quantitative estimate of drug-likeness (QED) is 0.171. The van der Waals surface area contributed by atoms with Gasteiger partial charge in [-0.15, -0.1) is 0 Å². The number of hydrogen-bond donors (Lipinski definition) is 4. The number of oxime groups is 1. The first-order valence-corrected chi connectivity index (χ1v) is 6.64. The first-order chi connectivity index (χ1) is 10.1. The third-order valence-electron chi connectivity index (χ3n) is 2.99. The van der Waals surface area contributed by atoms with Crippen molar-refractivity contribution in [1.82, 2.24) is 5.32 Å². The lowest BCUT2D eigenvalue weighted by Crippen LogP contribution is -2.23. The van der Waals surface area contributed by atoms with Crippen LogP contribution < -0.4 is 15.8 Å². The van der Waals surface area contributed by atoms with E-state index in [4.69, 9.17) is 20.4 Å². The minimum Gasteiger partial charge on any atom is -0.496 e. The number of aliphatic hydroxyl groups excluding tert-OH is 1. The molecular weight excluding hydrogens is 274 g/mol. The smallest absolute Gasteiger partial charge is 0.173 e. The number of amidine groups is 1. The SMILES string of the molecule is COCC(O)CCNCc1ccc(OC)c(/C(N)=N/O)c1. The van der Waals surface area contributed by atoms with Gasteiger partial charge in [0.2, 0.25) is 0 Å². The molecule has 0 bridgehead atoms. The number of benzene rings is 1. The predicted molar refractivity (Wildman–Crippen MR) is 79.7 cm³/mol. The molecule has 0 saturated carbocycles. The summed E-state index contributed by atoms with van der Waals surface area (Å²) in [6.45, 7) is 1.60. The van der Waals surface area contributed by atoms with Crippen LogP contribution in [0.15, 0.2) is 23.4 Å². The van der Waals surface area contributed by atoms with Crippen molar-refractivity contribution < 1.29 is 19.8 Å². The molecule has 0 aliphatic carbocycles. The lowest BCUT2D eigenvalue weighted by molar-refractivity contribution is 0.0594. The van der Waals surface area contributed by atoms with E-state index < -0.39 is 6.10 Å². The summed E-state index contributed by atoms with van der Waals surface area (Å²) in [6, 6.07) is 5.46. The van der Waals surface area contributed by atoms with Gasteiger partial charge >= 0.3 is 0 Å². The lowest BCUT2D eigenvalue weighted by Gasteiger charge is -2.12. The molecule has 0 saturated heterocycles. The molecule has 0 spiro atoms. The normalized spacial score (nSPS) is 13.2. The number of rotatable bonds is 9. The van der Waals surface area contributed by atoms with Crippen LogP contribution >= 0.6 is 0 Å². The Balaban J connectivity index is 2.56. The highest BCUT2D eigenvalue weighted by molar-refractivity contribution is 5.99. The van der Waals surface area contributed by atoms with Crippen molar-refractivity contribution in [2.75, 3.05) is 27.4 Å². The molecule has 0 fully saturated rings. The largest absolute Gasteiger partial charge is 0.496 e. The van der Waals surface area contributed by atoms with Gasteiger partial charge in [0.15, 0.2) is 5.84 Å². The Bertz CT molecular complexity index is 466. The molecule has 7 nitrogen and oxygen atoms in total. The summed E-state index contributed by atoms with van der Waals surface area (Å²) >= 11 is 0. The van der Waals surface area contributed by atoms with E-state index in [9.17, 15) is 5.11 Å². The van der Waals surface area contributed by atoms with E-state index in [1.54, 1.807) is 19.2 Å². The van der Waals surface area contributed by atoms with E-state index in [1.807, 2.05) is 6.07 Å². The van der Waals surface area contributed by atoms with Crippen LogP contribution in [0.1, 0.15) is 17.5 Å². The Kier molecular flexibility index (Phi) is 7.52. The summed E-state index contributed by atoms with van der Waals surface area (Å²) in [6.07, 6.45) is 0.142. The predicted octanol–water partition coefficient (Wildman–Crippen LogP) is 0.277. The molecule has 1 aromatic rings. The number of nitrogens with zero attached hydrogens (tertiary/aromatic N) is 1. The molecule has 0 aromatic heterocycles. The van der Waals surface area contributed by atoms with Crippen molar-refractivity contribution >= 4 is 5.84 Å². The van der Waals surface area contributed by atoms with Gasteiger partial charge in [-0.25, -0.2) is 0 Å². The van der Waals surface area contributed by atoms with Crippen molar-refractivity contribution in [3.05, 3.63) is 29.3 Å². The maximum Gasteiger partial charge on any atom is 0.173 e. The summed E-state index contributed by atoms with van der Waals surface area (Å²) in [5.41, 5.74) is 7.13. The number of nitrogens with two attached hydrogens (primary N) is 1. The van der Waals surface area contributed by atoms with Gasteiger partial charge in [0.1, 0.15) is 5.75 Å². The van der Waals surface area contributed by atoms with Crippen molar-refractivity contribution in [1.29, 1.82) is 0 Å². The number of aliphatic hydroxyl groups is 1. The van der Waals surface area contributed by atoms with Crippen LogP contribution in [0.2, 0.25) is 0 Å². The van der Waals surface area contributed by atoms with Crippen LogP contribution in [-0.4, -0.2) is 49.6 Å². The maximum atomic E-state index is 9.52. The third kappa shape index (κ3) is 5.58. The van der Waals surface area contributed by atoms with Gasteiger partial charge in [-0.3, -0.25) is 0 Å². The zero-order chi connectivity index (χ0) is 15.7. The van der Waals surface area contributed by atoms with Gasteiger partial charge in [0, 0.05) is 13.7 Å². The van der Waals surface area contributed by atoms with Gasteiger partial charge < -0.3 is 30.8 Å². The van der Waals surface area contributed by atoms with Crippen LogP contribution in [0.5, 0.6) is 5.75 Å². The van der Waals surface area contributed by atoms with Crippen LogP contribution in [0.3, 0.4) is 0 Å². The van der Waals surface area contributed by atoms with Gasteiger partial charge in [0.25, 0.3) is 0 Å². The first-order valence-electron chi connectivity index (χ1n) is 6.64. The third-order valence-corrected chi connectivity index (χ3v) is 2.99. The highest BCUT2D eigenvalue weighted by Gasteiger charge is 2.09. The van der Waals surface area contributed by atoms with E-state index in [0.29, 0.717) is 37.4 Å². The summed E-state index contributed by atoms with van der Waals surface area (Å²) in [4.78, 5) is 0. The molecule has 0 heterocycles. The van der Waals surface area contributed by atoms with Crippen molar-refractivity contribution in [3.8, 4) is 5.75 Å². The number of ether oxygens (including phenoxy) is 2. The van der Waals surface area contributed by atoms with Crippen LogP contribution in [0, 0.1) is 0 Å².